The SMILES string of the molecule is CCCCCCCCCCCCCCCCCC(=O)OCC[NH2+]CCO.O=C[O-]. The summed E-state index contributed by atoms with van der Waals surface area (Å²) in [4.78, 5) is 19.8. The summed E-state index contributed by atoms with van der Waals surface area (Å²) < 4.78 is 5.16. The number of nitrogens with two attached hydrogens (primary N) is 1. The second-order valence-corrected chi connectivity index (χ2v) is 7.61. The highest BCUT2D eigenvalue weighted by Crippen LogP contribution is 2.13. The normalized spacial score (nSPS) is 10.3. The lowest BCUT2D eigenvalue weighted by atomic mass is 10.0. The number of hydrogen-bond acceptors (Lipinski definition) is 5. The lowest BCUT2D eigenvalue weighted by Crippen LogP contribution is -2.86. The summed E-state index contributed by atoms with van der Waals surface area (Å²) in [5.74, 6) is -0.0721. The molecule has 0 radical (unpaired) electrons. The Balaban J connectivity index is 0. The summed E-state index contributed by atoms with van der Waals surface area (Å²) in [6, 6.07) is 0. The molecular weight excluding hydrogens is 370 g/mol. The van der Waals surface area contributed by atoms with Crippen molar-refractivity contribution in [2.45, 2.75) is 110 Å². The van der Waals surface area contributed by atoms with E-state index in [-0.39, 0.29) is 12.6 Å². The van der Waals surface area contributed by atoms with Crippen molar-refractivity contribution >= 4 is 12.4 Å². The van der Waals surface area contributed by atoms with Gasteiger partial charge in [-0.2, -0.15) is 0 Å². The third-order valence-electron chi connectivity index (χ3n) is 4.90. The highest BCUT2D eigenvalue weighted by Gasteiger charge is 2.03. The number of aliphatic hydroxyl groups is 1. The number of rotatable bonds is 21. The molecule has 0 aromatic rings. The van der Waals surface area contributed by atoms with Gasteiger partial charge in [0.1, 0.15) is 13.2 Å². The van der Waals surface area contributed by atoms with Crippen LogP contribution < -0.4 is 10.4 Å². The van der Waals surface area contributed by atoms with Crippen molar-refractivity contribution in [3.63, 3.8) is 0 Å². The Kier molecular flexibility index (Phi) is 30.1. The highest BCUT2D eigenvalue weighted by molar-refractivity contribution is 5.69. The first-order valence-corrected chi connectivity index (χ1v) is 11.9. The zero-order valence-corrected chi connectivity index (χ0v) is 18.9. The van der Waals surface area contributed by atoms with E-state index >= 15 is 0 Å². The summed E-state index contributed by atoms with van der Waals surface area (Å²) in [7, 11) is 0. The van der Waals surface area contributed by atoms with Crippen LogP contribution in [-0.2, 0) is 14.3 Å². The van der Waals surface area contributed by atoms with E-state index in [1.165, 1.54) is 83.5 Å². The Bertz CT molecular complexity index is 326. The van der Waals surface area contributed by atoms with E-state index in [2.05, 4.69) is 6.92 Å². The number of hydrogen-bond donors (Lipinski definition) is 2. The van der Waals surface area contributed by atoms with Gasteiger partial charge in [0.15, 0.2) is 0 Å². The molecular formula is C23H47NO5. The Morgan fingerprint density at radius 2 is 1.24 bits per heavy atom. The van der Waals surface area contributed by atoms with Crippen molar-refractivity contribution in [1.29, 1.82) is 0 Å². The number of esters is 1. The van der Waals surface area contributed by atoms with Crippen molar-refractivity contribution in [3.8, 4) is 0 Å². The molecule has 0 atom stereocenters. The molecule has 174 valence electrons. The number of carboxylic acid groups (broad SMARTS) is 1. The molecule has 6 nitrogen and oxygen atoms in total. The maximum atomic E-state index is 11.5. The van der Waals surface area contributed by atoms with Gasteiger partial charge in [0.05, 0.1) is 13.2 Å². The number of ether oxygens (including phenoxy) is 1. The minimum Gasteiger partial charge on any atom is -0.554 e. The Labute approximate surface area is 178 Å². The number of carbonyl (C=O) groups excluding carboxylic acids is 2. The molecule has 0 saturated heterocycles. The number of unbranched alkanes of at least 4 members (excludes halogenated alkanes) is 14. The second kappa shape index (κ2) is 29.1. The van der Waals surface area contributed by atoms with Crippen LogP contribution in [0.3, 0.4) is 0 Å². The standard InChI is InChI=1S/C22H45NO3.CH2O2/c1-2-3-4-5-6-7-8-9-10-11-12-13-14-15-16-17-22(25)26-21-19-23-18-20-24;2-1-3/h23-24H,2-21H2,1H3;1H,(H,2,3). The van der Waals surface area contributed by atoms with Gasteiger partial charge in [-0.1, -0.05) is 96.8 Å². The van der Waals surface area contributed by atoms with Crippen LogP contribution in [0.4, 0.5) is 0 Å². The highest BCUT2D eigenvalue weighted by atomic mass is 16.5. The predicted molar refractivity (Wildman–Crippen MR) is 115 cm³/mol. The van der Waals surface area contributed by atoms with Gasteiger partial charge in [-0.3, -0.25) is 4.79 Å². The van der Waals surface area contributed by atoms with E-state index in [1.807, 2.05) is 5.32 Å². The van der Waals surface area contributed by atoms with Crippen LogP contribution in [-0.4, -0.2) is 43.9 Å². The summed E-state index contributed by atoms with van der Waals surface area (Å²) in [5.41, 5.74) is 0. The van der Waals surface area contributed by atoms with Crippen LogP contribution in [0.1, 0.15) is 110 Å². The first-order chi connectivity index (χ1) is 14.2. The first kappa shape index (κ1) is 30.1. The van der Waals surface area contributed by atoms with Gasteiger partial charge < -0.3 is 25.1 Å². The number of quaternary nitrogens is 1. The topological polar surface area (TPSA) is 103 Å². The van der Waals surface area contributed by atoms with Crippen LogP contribution in [0.2, 0.25) is 0 Å². The van der Waals surface area contributed by atoms with Crippen LogP contribution in [0.25, 0.3) is 0 Å². The molecule has 0 aromatic heterocycles. The van der Waals surface area contributed by atoms with Gasteiger partial charge in [-0.15, -0.1) is 0 Å². The van der Waals surface area contributed by atoms with Gasteiger partial charge in [0.2, 0.25) is 0 Å². The summed E-state index contributed by atoms with van der Waals surface area (Å²) in [5, 5.41) is 18.8. The average molecular weight is 418 g/mol. The van der Waals surface area contributed by atoms with E-state index in [1.54, 1.807) is 0 Å². The van der Waals surface area contributed by atoms with E-state index in [0.717, 1.165) is 19.4 Å². The largest absolute Gasteiger partial charge is 0.554 e. The van der Waals surface area contributed by atoms with E-state index in [4.69, 9.17) is 19.7 Å². The first-order valence-electron chi connectivity index (χ1n) is 11.9. The fourth-order valence-corrected chi connectivity index (χ4v) is 3.20. The third kappa shape index (κ3) is 31.8. The molecule has 0 spiro atoms. The molecule has 0 rings (SSSR count). The molecule has 0 saturated carbocycles. The minimum absolute atomic E-state index is 0.0721. The third-order valence-corrected chi connectivity index (χ3v) is 4.90. The molecule has 6 heteroatoms. The molecule has 0 unspecified atom stereocenters. The van der Waals surface area contributed by atoms with Crippen LogP contribution in [0.15, 0.2) is 0 Å². The Morgan fingerprint density at radius 3 is 1.66 bits per heavy atom. The second-order valence-electron chi connectivity index (χ2n) is 7.61. The maximum absolute atomic E-state index is 11.5. The number of carbonyl (C=O) groups is 2. The minimum atomic E-state index is -0.500. The molecule has 0 fully saturated rings. The van der Waals surface area contributed by atoms with Crippen molar-refractivity contribution in [1.82, 2.24) is 0 Å². The van der Waals surface area contributed by atoms with Crippen molar-refractivity contribution in [2.75, 3.05) is 26.3 Å². The molecule has 0 bridgehead atoms. The molecule has 3 N–H and O–H groups in total. The van der Waals surface area contributed by atoms with Gasteiger partial charge in [-0.05, 0) is 6.42 Å². The summed E-state index contributed by atoms with van der Waals surface area (Å²) in [6.07, 6.45) is 20.6. The van der Waals surface area contributed by atoms with Gasteiger partial charge in [-0.25, -0.2) is 0 Å². The summed E-state index contributed by atoms with van der Waals surface area (Å²) in [6.45, 7) is 3.82. The van der Waals surface area contributed by atoms with Gasteiger partial charge >= 0.3 is 5.97 Å². The van der Waals surface area contributed by atoms with E-state index in [0.29, 0.717) is 19.6 Å². The molecule has 0 heterocycles. The molecule has 0 aliphatic rings. The van der Waals surface area contributed by atoms with Gasteiger partial charge in [0.25, 0.3) is 0 Å². The zero-order chi connectivity index (χ0) is 21.8. The zero-order valence-electron chi connectivity index (χ0n) is 18.9. The fraction of sp³-hybridized carbons (Fsp3) is 0.913. The Morgan fingerprint density at radius 1 is 0.828 bits per heavy atom. The van der Waals surface area contributed by atoms with E-state index in [9.17, 15) is 4.79 Å². The maximum Gasteiger partial charge on any atom is 0.305 e. The fourth-order valence-electron chi connectivity index (χ4n) is 3.20. The predicted octanol–water partition coefficient (Wildman–Crippen LogP) is 2.71. The van der Waals surface area contributed by atoms with Crippen LogP contribution in [0, 0.1) is 0 Å². The molecule has 0 aromatic carbocycles. The molecule has 0 amide bonds. The van der Waals surface area contributed by atoms with Crippen LogP contribution >= 0.6 is 0 Å². The van der Waals surface area contributed by atoms with Crippen LogP contribution in [0.5, 0.6) is 0 Å². The monoisotopic (exact) mass is 417 g/mol. The quantitative estimate of drug-likeness (QED) is 0.170. The summed E-state index contributed by atoms with van der Waals surface area (Å²) >= 11 is 0. The van der Waals surface area contributed by atoms with Gasteiger partial charge in [0, 0.05) is 12.9 Å². The van der Waals surface area contributed by atoms with Crippen molar-refractivity contribution in [2.24, 2.45) is 0 Å². The lowest BCUT2D eigenvalue weighted by Gasteiger charge is -2.05. The van der Waals surface area contributed by atoms with Crippen molar-refractivity contribution in [3.05, 3.63) is 0 Å². The van der Waals surface area contributed by atoms with E-state index < -0.39 is 6.47 Å². The molecule has 29 heavy (non-hydrogen) atoms. The number of aliphatic hydroxyl groups excluding tert-OH is 1. The Hall–Kier alpha value is -1.14. The van der Waals surface area contributed by atoms with Crippen molar-refractivity contribution < 1.29 is 29.9 Å². The average Bonchev–Trinajstić information content (AvgIpc) is 2.71. The smallest absolute Gasteiger partial charge is 0.305 e. The lowest BCUT2D eigenvalue weighted by molar-refractivity contribution is -0.656. The molecule has 0 aliphatic carbocycles. The molecule has 0 aliphatic heterocycles.